The number of hydrogen-bond acceptors (Lipinski definition) is 4. The van der Waals surface area contributed by atoms with Gasteiger partial charge in [-0.25, -0.2) is 14.1 Å². The van der Waals surface area contributed by atoms with Gasteiger partial charge in [0, 0.05) is 5.56 Å². The van der Waals surface area contributed by atoms with Gasteiger partial charge in [-0.3, -0.25) is 14.9 Å². The molecule has 1 N–H and O–H groups in total. The maximum atomic E-state index is 13.7. The number of ether oxygens (including phenoxy) is 1. The van der Waals surface area contributed by atoms with Crippen LogP contribution in [0.5, 0.6) is 5.75 Å². The standard InChI is InChI=1S/C24H16ClFN2O4/c25-19-6-2-4-8-21(19)28-23(30)18(22(29)27-24(28)31)13-15-9-11-17(12-10-15)32-14-16-5-1-3-7-20(16)26/h1-13H,14H2,(H,27,29,31)/b18-13+. The van der Waals surface area contributed by atoms with E-state index in [0.29, 0.717) is 16.9 Å². The summed E-state index contributed by atoms with van der Waals surface area (Å²) in [4.78, 5) is 38.3. The molecule has 4 amide bonds. The van der Waals surface area contributed by atoms with Gasteiger partial charge in [-0.2, -0.15) is 0 Å². The average Bonchev–Trinajstić information content (AvgIpc) is 2.78. The Morgan fingerprint density at radius 1 is 0.938 bits per heavy atom. The number of imide groups is 2. The Bertz CT molecular complexity index is 1240. The van der Waals surface area contributed by atoms with Crippen molar-refractivity contribution >= 4 is 41.2 Å². The molecule has 0 spiro atoms. The van der Waals surface area contributed by atoms with Crippen LogP contribution in [-0.2, 0) is 16.2 Å². The molecule has 0 aliphatic carbocycles. The summed E-state index contributed by atoms with van der Waals surface area (Å²) in [7, 11) is 0. The number of urea groups is 1. The van der Waals surface area contributed by atoms with Crippen molar-refractivity contribution in [2.24, 2.45) is 0 Å². The molecular weight excluding hydrogens is 435 g/mol. The van der Waals surface area contributed by atoms with E-state index in [9.17, 15) is 18.8 Å². The monoisotopic (exact) mass is 450 g/mol. The highest BCUT2D eigenvalue weighted by Crippen LogP contribution is 2.29. The Kier molecular flexibility index (Phi) is 6.00. The van der Waals surface area contributed by atoms with Gasteiger partial charge in [-0.15, -0.1) is 0 Å². The van der Waals surface area contributed by atoms with E-state index in [-0.39, 0.29) is 28.7 Å². The van der Waals surface area contributed by atoms with Crippen molar-refractivity contribution < 1.29 is 23.5 Å². The van der Waals surface area contributed by atoms with Crippen LogP contribution >= 0.6 is 11.6 Å². The number of benzene rings is 3. The lowest BCUT2D eigenvalue weighted by atomic mass is 10.1. The molecule has 8 heteroatoms. The normalized spacial score (nSPS) is 15.1. The van der Waals surface area contributed by atoms with Crippen molar-refractivity contribution in [1.82, 2.24) is 5.32 Å². The molecule has 0 bridgehead atoms. The van der Waals surface area contributed by atoms with E-state index in [1.54, 1.807) is 54.6 Å². The zero-order valence-corrected chi connectivity index (χ0v) is 17.3. The van der Waals surface area contributed by atoms with Crippen LogP contribution in [0.25, 0.3) is 6.08 Å². The number of carbonyl (C=O) groups excluding carboxylic acids is 3. The van der Waals surface area contributed by atoms with Gasteiger partial charge in [0.1, 0.15) is 23.7 Å². The van der Waals surface area contributed by atoms with Crippen molar-refractivity contribution in [2.45, 2.75) is 6.61 Å². The number of carbonyl (C=O) groups is 3. The second-order valence-corrected chi connectivity index (χ2v) is 7.27. The van der Waals surface area contributed by atoms with Gasteiger partial charge in [-0.1, -0.05) is 54.1 Å². The maximum absolute atomic E-state index is 13.7. The SMILES string of the molecule is O=C1NC(=O)N(c2ccccc2Cl)C(=O)/C1=C/c1ccc(OCc2ccccc2F)cc1. The predicted octanol–water partition coefficient (Wildman–Crippen LogP) is 4.72. The van der Waals surface area contributed by atoms with Gasteiger partial charge in [-0.05, 0) is 42.0 Å². The van der Waals surface area contributed by atoms with Crippen LogP contribution in [0.15, 0.2) is 78.4 Å². The number of hydrogen-bond donors (Lipinski definition) is 1. The summed E-state index contributed by atoms with van der Waals surface area (Å²) >= 11 is 6.12. The molecular formula is C24H16ClFN2O4. The molecule has 1 heterocycles. The van der Waals surface area contributed by atoms with Crippen molar-refractivity contribution in [2.75, 3.05) is 4.90 Å². The molecule has 1 fully saturated rings. The minimum absolute atomic E-state index is 0.0584. The molecule has 4 rings (SSSR count). The fourth-order valence-corrected chi connectivity index (χ4v) is 3.33. The third kappa shape index (κ3) is 4.38. The Morgan fingerprint density at radius 2 is 1.62 bits per heavy atom. The topological polar surface area (TPSA) is 75.7 Å². The second-order valence-electron chi connectivity index (χ2n) is 6.86. The van der Waals surface area contributed by atoms with E-state index in [2.05, 4.69) is 5.32 Å². The quantitative estimate of drug-likeness (QED) is 0.450. The first kappa shape index (κ1) is 21.3. The number of para-hydroxylation sites is 1. The van der Waals surface area contributed by atoms with Gasteiger partial charge >= 0.3 is 6.03 Å². The minimum atomic E-state index is -0.873. The minimum Gasteiger partial charge on any atom is -0.489 e. The van der Waals surface area contributed by atoms with Crippen LogP contribution < -0.4 is 15.0 Å². The highest BCUT2D eigenvalue weighted by atomic mass is 35.5. The van der Waals surface area contributed by atoms with E-state index in [1.807, 2.05) is 0 Å². The predicted molar refractivity (Wildman–Crippen MR) is 118 cm³/mol. The lowest BCUT2D eigenvalue weighted by molar-refractivity contribution is -0.122. The van der Waals surface area contributed by atoms with E-state index >= 15 is 0 Å². The Hall–Kier alpha value is -3.97. The summed E-state index contributed by atoms with van der Waals surface area (Å²) in [5, 5.41) is 2.35. The highest BCUT2D eigenvalue weighted by Gasteiger charge is 2.37. The van der Waals surface area contributed by atoms with E-state index in [1.165, 1.54) is 24.3 Å². The smallest absolute Gasteiger partial charge is 0.335 e. The first-order chi connectivity index (χ1) is 15.4. The van der Waals surface area contributed by atoms with Gasteiger partial charge in [0.2, 0.25) is 0 Å². The van der Waals surface area contributed by atoms with Crippen LogP contribution in [0, 0.1) is 5.82 Å². The lowest BCUT2D eigenvalue weighted by Crippen LogP contribution is -2.54. The number of barbiturate groups is 1. The average molecular weight is 451 g/mol. The fraction of sp³-hybridized carbons (Fsp3) is 0.0417. The van der Waals surface area contributed by atoms with Gasteiger partial charge < -0.3 is 4.74 Å². The first-order valence-electron chi connectivity index (χ1n) is 9.56. The first-order valence-corrected chi connectivity index (χ1v) is 9.94. The van der Waals surface area contributed by atoms with E-state index < -0.39 is 17.8 Å². The molecule has 1 aliphatic heterocycles. The Labute approximate surface area is 187 Å². The summed E-state index contributed by atoms with van der Waals surface area (Å²) in [6.07, 6.45) is 1.37. The van der Waals surface area contributed by atoms with Crippen LogP contribution in [0.3, 0.4) is 0 Å². The van der Waals surface area contributed by atoms with Crippen molar-refractivity contribution in [3.05, 3.63) is 100 Å². The summed E-state index contributed by atoms with van der Waals surface area (Å²) in [6.45, 7) is 0.0584. The second kappa shape index (κ2) is 9.03. The molecule has 160 valence electrons. The number of amides is 4. The Balaban J connectivity index is 1.54. The lowest BCUT2D eigenvalue weighted by Gasteiger charge is -2.27. The molecule has 1 saturated heterocycles. The summed E-state index contributed by atoms with van der Waals surface area (Å²) in [5.74, 6) is -1.45. The fourth-order valence-electron chi connectivity index (χ4n) is 3.11. The molecule has 32 heavy (non-hydrogen) atoms. The zero-order chi connectivity index (χ0) is 22.7. The largest absolute Gasteiger partial charge is 0.489 e. The van der Waals surface area contributed by atoms with E-state index in [0.717, 1.165) is 4.90 Å². The van der Waals surface area contributed by atoms with Gasteiger partial charge in [0.05, 0.1) is 10.7 Å². The van der Waals surface area contributed by atoms with Gasteiger partial charge in [0.25, 0.3) is 11.8 Å². The molecule has 0 radical (unpaired) electrons. The van der Waals surface area contributed by atoms with Crippen LogP contribution in [0.1, 0.15) is 11.1 Å². The Morgan fingerprint density at radius 3 is 2.34 bits per heavy atom. The zero-order valence-electron chi connectivity index (χ0n) is 16.5. The highest BCUT2D eigenvalue weighted by molar-refractivity contribution is 6.42. The molecule has 0 unspecified atom stereocenters. The molecule has 0 aromatic heterocycles. The maximum Gasteiger partial charge on any atom is 0.335 e. The summed E-state index contributed by atoms with van der Waals surface area (Å²) in [6, 6.07) is 18.3. The molecule has 0 atom stereocenters. The summed E-state index contributed by atoms with van der Waals surface area (Å²) < 4.78 is 19.3. The molecule has 3 aromatic carbocycles. The number of halogens is 2. The third-order valence-electron chi connectivity index (χ3n) is 4.74. The number of nitrogens with zero attached hydrogens (tertiary/aromatic N) is 1. The number of nitrogens with one attached hydrogen (secondary N) is 1. The third-order valence-corrected chi connectivity index (χ3v) is 5.06. The number of rotatable bonds is 5. The summed E-state index contributed by atoms with van der Waals surface area (Å²) in [5.41, 5.74) is 0.916. The van der Waals surface area contributed by atoms with Crippen molar-refractivity contribution in [3.8, 4) is 5.75 Å². The van der Waals surface area contributed by atoms with Gasteiger partial charge in [0.15, 0.2) is 0 Å². The molecule has 6 nitrogen and oxygen atoms in total. The van der Waals surface area contributed by atoms with Crippen LogP contribution in [0.2, 0.25) is 5.02 Å². The van der Waals surface area contributed by atoms with Crippen LogP contribution in [0.4, 0.5) is 14.9 Å². The van der Waals surface area contributed by atoms with Crippen molar-refractivity contribution in [1.29, 1.82) is 0 Å². The van der Waals surface area contributed by atoms with E-state index in [4.69, 9.17) is 16.3 Å². The van der Waals surface area contributed by atoms with Crippen molar-refractivity contribution in [3.63, 3.8) is 0 Å². The number of anilines is 1. The molecule has 1 aliphatic rings. The molecule has 3 aromatic rings. The molecule has 0 saturated carbocycles. The van der Waals surface area contributed by atoms with Crippen LogP contribution in [-0.4, -0.2) is 17.8 Å².